The zero-order chi connectivity index (χ0) is 17.2. The molecule has 122 valence electrons. The molecule has 2 heterocycles. The van der Waals surface area contributed by atoms with Crippen molar-refractivity contribution in [1.29, 1.82) is 0 Å². The molecule has 1 N–H and O–H groups in total. The topological polar surface area (TPSA) is 62.3 Å². The average molecular weight is 329 g/mol. The number of carbonyl (C=O) groups excluding carboxylic acids is 2. The lowest BCUT2D eigenvalue weighted by molar-refractivity contribution is 0.0994. The highest BCUT2D eigenvalue weighted by molar-refractivity contribution is 6.10. The lowest BCUT2D eigenvalue weighted by Gasteiger charge is -2.16. The smallest absolute Gasteiger partial charge is 0.258 e. The average Bonchev–Trinajstić information content (AvgIpc) is 3.00. The first-order chi connectivity index (χ1) is 12.2. The van der Waals surface area contributed by atoms with Crippen molar-refractivity contribution in [3.05, 3.63) is 89.7 Å². The largest absolute Gasteiger partial charge is 0.322 e. The molecule has 5 heteroatoms. The van der Waals surface area contributed by atoms with Gasteiger partial charge in [0.1, 0.15) is 0 Å². The van der Waals surface area contributed by atoms with E-state index < -0.39 is 0 Å². The van der Waals surface area contributed by atoms with Crippen LogP contribution in [0.4, 0.5) is 11.4 Å². The minimum atomic E-state index is -0.217. The molecule has 25 heavy (non-hydrogen) atoms. The number of hydrogen-bond acceptors (Lipinski definition) is 3. The quantitative estimate of drug-likeness (QED) is 0.800. The third-order valence-electron chi connectivity index (χ3n) is 4.18. The second-order valence-corrected chi connectivity index (χ2v) is 5.79. The van der Waals surface area contributed by atoms with Gasteiger partial charge in [0.15, 0.2) is 0 Å². The number of benzene rings is 2. The highest BCUT2D eigenvalue weighted by Gasteiger charge is 2.27. The molecule has 0 bridgehead atoms. The van der Waals surface area contributed by atoms with Gasteiger partial charge >= 0.3 is 0 Å². The number of nitrogens with zero attached hydrogens (tertiary/aromatic N) is 2. The molecule has 0 aliphatic carbocycles. The van der Waals surface area contributed by atoms with Gasteiger partial charge in [-0.1, -0.05) is 18.2 Å². The Kier molecular flexibility index (Phi) is 3.74. The summed E-state index contributed by atoms with van der Waals surface area (Å²) in [5.41, 5.74) is 3.75. The van der Waals surface area contributed by atoms with Crippen LogP contribution in [0.2, 0.25) is 0 Å². The van der Waals surface area contributed by atoms with Crippen LogP contribution >= 0.6 is 0 Å². The molecule has 3 aromatic rings. The summed E-state index contributed by atoms with van der Waals surface area (Å²) in [6.45, 7) is 0.566. The molecule has 4 rings (SSSR count). The Morgan fingerprint density at radius 1 is 1.00 bits per heavy atom. The fraction of sp³-hybridized carbons (Fsp3) is 0.0500. The Labute approximate surface area is 144 Å². The first-order valence-corrected chi connectivity index (χ1v) is 7.93. The second kappa shape index (κ2) is 6.20. The van der Waals surface area contributed by atoms with Gasteiger partial charge in [-0.05, 0) is 48.0 Å². The van der Waals surface area contributed by atoms with Crippen LogP contribution in [0.1, 0.15) is 26.3 Å². The minimum absolute atomic E-state index is 0.00254. The summed E-state index contributed by atoms with van der Waals surface area (Å²) in [4.78, 5) is 30.3. The molecule has 0 unspecified atom stereocenters. The Balaban J connectivity index is 1.50. The number of anilines is 2. The van der Waals surface area contributed by atoms with E-state index in [2.05, 4.69) is 10.3 Å². The molecule has 2 aromatic carbocycles. The standard InChI is InChI=1S/C20H15N3O2/c24-19(14-5-3-11-21-12-14)22-16-7-9-17(10-8-16)23-13-15-4-1-2-6-18(15)20(23)25/h1-12H,13H2,(H,22,24). The maximum absolute atomic E-state index is 12.5. The molecule has 0 atom stereocenters. The molecule has 0 saturated heterocycles. The van der Waals surface area contributed by atoms with Crippen molar-refractivity contribution in [3.8, 4) is 0 Å². The van der Waals surface area contributed by atoms with Gasteiger partial charge in [-0.2, -0.15) is 0 Å². The van der Waals surface area contributed by atoms with Gasteiger partial charge in [0, 0.05) is 29.3 Å². The number of amides is 2. The molecule has 0 radical (unpaired) electrons. The van der Waals surface area contributed by atoms with Crippen LogP contribution in [0, 0.1) is 0 Å². The normalized spacial score (nSPS) is 12.8. The minimum Gasteiger partial charge on any atom is -0.322 e. The van der Waals surface area contributed by atoms with Crippen LogP contribution in [0.25, 0.3) is 0 Å². The van der Waals surface area contributed by atoms with Crippen molar-refractivity contribution in [1.82, 2.24) is 4.98 Å². The number of fused-ring (bicyclic) bond motifs is 1. The van der Waals surface area contributed by atoms with Crippen molar-refractivity contribution >= 4 is 23.2 Å². The molecule has 1 aliphatic heterocycles. The molecule has 0 fully saturated rings. The summed E-state index contributed by atoms with van der Waals surface area (Å²) in [7, 11) is 0. The van der Waals surface area contributed by atoms with Gasteiger partial charge in [0.2, 0.25) is 0 Å². The third-order valence-corrected chi connectivity index (χ3v) is 4.18. The number of rotatable bonds is 3. The number of nitrogens with one attached hydrogen (secondary N) is 1. The number of carbonyl (C=O) groups is 2. The van der Waals surface area contributed by atoms with E-state index in [0.717, 1.165) is 16.8 Å². The maximum atomic E-state index is 12.5. The Morgan fingerprint density at radius 3 is 2.52 bits per heavy atom. The number of pyridine rings is 1. The monoisotopic (exact) mass is 329 g/mol. The van der Waals surface area contributed by atoms with Crippen LogP contribution < -0.4 is 10.2 Å². The van der Waals surface area contributed by atoms with Crippen LogP contribution in [0.5, 0.6) is 0 Å². The predicted octanol–water partition coefficient (Wildman–Crippen LogP) is 3.49. The number of hydrogen-bond donors (Lipinski definition) is 1. The molecule has 0 spiro atoms. The van der Waals surface area contributed by atoms with Crippen molar-refractivity contribution in [2.24, 2.45) is 0 Å². The van der Waals surface area contributed by atoms with Crippen molar-refractivity contribution in [2.45, 2.75) is 6.54 Å². The fourth-order valence-electron chi connectivity index (χ4n) is 2.89. The van der Waals surface area contributed by atoms with E-state index in [-0.39, 0.29) is 11.8 Å². The van der Waals surface area contributed by atoms with E-state index >= 15 is 0 Å². The summed E-state index contributed by atoms with van der Waals surface area (Å²) >= 11 is 0. The molecule has 1 aliphatic rings. The van der Waals surface area contributed by atoms with Crippen LogP contribution in [-0.2, 0) is 6.54 Å². The lowest BCUT2D eigenvalue weighted by atomic mass is 10.1. The van der Waals surface area contributed by atoms with Gasteiger partial charge in [-0.25, -0.2) is 0 Å². The van der Waals surface area contributed by atoms with Gasteiger partial charge in [-0.3, -0.25) is 14.6 Å². The second-order valence-electron chi connectivity index (χ2n) is 5.79. The first-order valence-electron chi connectivity index (χ1n) is 7.93. The van der Waals surface area contributed by atoms with Crippen molar-refractivity contribution < 1.29 is 9.59 Å². The summed E-state index contributed by atoms with van der Waals surface area (Å²) in [6, 6.07) is 18.3. The molecule has 2 amide bonds. The molecular formula is C20H15N3O2. The Morgan fingerprint density at radius 2 is 1.80 bits per heavy atom. The molecule has 1 aromatic heterocycles. The van der Waals surface area contributed by atoms with Gasteiger partial charge in [0.25, 0.3) is 11.8 Å². The summed E-state index contributed by atoms with van der Waals surface area (Å²) in [5, 5.41) is 2.82. The van der Waals surface area contributed by atoms with E-state index in [1.54, 1.807) is 35.4 Å². The zero-order valence-corrected chi connectivity index (χ0v) is 13.3. The van der Waals surface area contributed by atoms with Crippen LogP contribution in [0.3, 0.4) is 0 Å². The summed E-state index contributed by atoms with van der Waals surface area (Å²) in [5.74, 6) is -0.215. The highest BCUT2D eigenvalue weighted by Crippen LogP contribution is 2.28. The molecular weight excluding hydrogens is 314 g/mol. The SMILES string of the molecule is O=C(Nc1ccc(N2Cc3ccccc3C2=O)cc1)c1cccnc1. The fourth-order valence-corrected chi connectivity index (χ4v) is 2.89. The van der Waals surface area contributed by atoms with Gasteiger partial charge in [0.05, 0.1) is 12.1 Å². The van der Waals surface area contributed by atoms with Crippen LogP contribution in [0.15, 0.2) is 73.1 Å². The van der Waals surface area contributed by atoms with E-state index in [0.29, 0.717) is 17.8 Å². The van der Waals surface area contributed by atoms with Crippen molar-refractivity contribution in [2.75, 3.05) is 10.2 Å². The highest BCUT2D eigenvalue weighted by atomic mass is 16.2. The van der Waals surface area contributed by atoms with Crippen LogP contribution in [-0.4, -0.2) is 16.8 Å². The Hall–Kier alpha value is -3.47. The van der Waals surface area contributed by atoms with Crippen molar-refractivity contribution in [3.63, 3.8) is 0 Å². The van der Waals surface area contributed by atoms with Gasteiger partial charge in [-0.15, -0.1) is 0 Å². The Bertz CT molecular complexity index is 937. The summed E-state index contributed by atoms with van der Waals surface area (Å²) < 4.78 is 0. The van der Waals surface area contributed by atoms with E-state index in [1.807, 2.05) is 36.4 Å². The molecule has 5 nitrogen and oxygen atoms in total. The van der Waals surface area contributed by atoms with E-state index in [1.165, 1.54) is 6.20 Å². The lowest BCUT2D eigenvalue weighted by Crippen LogP contribution is -2.22. The van der Waals surface area contributed by atoms with E-state index in [9.17, 15) is 9.59 Å². The third kappa shape index (κ3) is 2.87. The molecule has 0 saturated carbocycles. The summed E-state index contributed by atoms with van der Waals surface area (Å²) in [6.07, 6.45) is 3.14. The first kappa shape index (κ1) is 15.1. The van der Waals surface area contributed by atoms with Gasteiger partial charge < -0.3 is 10.2 Å². The predicted molar refractivity (Wildman–Crippen MR) is 95.6 cm³/mol. The number of aromatic nitrogens is 1. The zero-order valence-electron chi connectivity index (χ0n) is 13.3. The maximum Gasteiger partial charge on any atom is 0.258 e. The van der Waals surface area contributed by atoms with E-state index in [4.69, 9.17) is 0 Å².